The minimum Gasteiger partial charge on any atom is -0.368 e. The van der Waals surface area contributed by atoms with Gasteiger partial charge in [-0.3, -0.25) is 9.59 Å². The zero-order valence-corrected chi connectivity index (χ0v) is 7.22. The Bertz CT molecular complexity index is 159. The minimum absolute atomic E-state index is 0.0906. The van der Waals surface area contributed by atoms with Crippen LogP contribution in [0.15, 0.2) is 0 Å². The van der Waals surface area contributed by atoms with Gasteiger partial charge in [0.15, 0.2) is 0 Å². The lowest BCUT2D eigenvalue weighted by atomic mass is 10.4. The third kappa shape index (κ3) is 7.01. The van der Waals surface area contributed by atoms with Crippen LogP contribution < -0.4 is 16.4 Å². The molecule has 0 unspecified atom stereocenters. The monoisotopic (exact) mass is 173 g/mol. The molecular weight excluding hydrogens is 158 g/mol. The summed E-state index contributed by atoms with van der Waals surface area (Å²) >= 11 is 0. The second-order valence-electron chi connectivity index (χ2n) is 2.42. The first kappa shape index (κ1) is 10.9. The van der Waals surface area contributed by atoms with Gasteiger partial charge in [-0.05, 0) is 13.0 Å². The highest BCUT2D eigenvalue weighted by molar-refractivity contribution is 5.84. The second-order valence-corrected chi connectivity index (χ2v) is 2.42. The van der Waals surface area contributed by atoms with E-state index in [-0.39, 0.29) is 19.0 Å². The number of amides is 2. The van der Waals surface area contributed by atoms with E-state index >= 15 is 0 Å². The third-order valence-electron chi connectivity index (χ3n) is 1.17. The summed E-state index contributed by atoms with van der Waals surface area (Å²) in [5, 5.41) is 5.26. The molecule has 0 aliphatic rings. The Morgan fingerprint density at radius 2 is 2.00 bits per heavy atom. The maximum atomic E-state index is 10.8. The molecule has 0 rings (SSSR count). The van der Waals surface area contributed by atoms with Crippen molar-refractivity contribution in [3.05, 3.63) is 0 Å². The summed E-state index contributed by atoms with van der Waals surface area (Å²) in [7, 11) is 0. The number of rotatable bonds is 6. The number of hydrogen-bond donors (Lipinski definition) is 3. The molecule has 0 aromatic carbocycles. The van der Waals surface area contributed by atoms with Gasteiger partial charge >= 0.3 is 0 Å². The molecule has 0 atom stereocenters. The highest BCUT2D eigenvalue weighted by Crippen LogP contribution is 1.69. The number of nitrogens with two attached hydrogens (primary N) is 1. The van der Waals surface area contributed by atoms with Gasteiger partial charge in [0.25, 0.3) is 0 Å². The van der Waals surface area contributed by atoms with Gasteiger partial charge in [0, 0.05) is 0 Å². The number of hydrogen-bond acceptors (Lipinski definition) is 3. The maximum Gasteiger partial charge on any atom is 0.236 e. The summed E-state index contributed by atoms with van der Waals surface area (Å²) < 4.78 is 0. The van der Waals surface area contributed by atoms with Gasteiger partial charge in [0.1, 0.15) is 0 Å². The molecule has 70 valence electrons. The topological polar surface area (TPSA) is 84.2 Å². The summed E-state index contributed by atoms with van der Waals surface area (Å²) in [6.45, 7) is 2.95. The Hall–Kier alpha value is -1.10. The van der Waals surface area contributed by atoms with Crippen LogP contribution in [0.4, 0.5) is 0 Å². The predicted octanol–water partition coefficient (Wildman–Crippen LogP) is -1.41. The van der Waals surface area contributed by atoms with Crippen LogP contribution in [0, 0.1) is 0 Å². The first-order valence-corrected chi connectivity index (χ1v) is 3.92. The van der Waals surface area contributed by atoms with Crippen molar-refractivity contribution in [3.63, 3.8) is 0 Å². The zero-order valence-electron chi connectivity index (χ0n) is 7.22. The van der Waals surface area contributed by atoms with Crippen molar-refractivity contribution in [1.82, 2.24) is 10.6 Å². The largest absolute Gasteiger partial charge is 0.368 e. The Morgan fingerprint density at radius 1 is 1.33 bits per heavy atom. The van der Waals surface area contributed by atoms with E-state index in [1.165, 1.54) is 0 Å². The van der Waals surface area contributed by atoms with E-state index in [0.29, 0.717) is 0 Å². The van der Waals surface area contributed by atoms with Gasteiger partial charge in [-0.2, -0.15) is 0 Å². The van der Waals surface area contributed by atoms with Crippen LogP contribution in [0.1, 0.15) is 13.3 Å². The van der Waals surface area contributed by atoms with Crippen molar-refractivity contribution >= 4 is 11.8 Å². The van der Waals surface area contributed by atoms with Crippen molar-refractivity contribution in [2.24, 2.45) is 5.73 Å². The van der Waals surface area contributed by atoms with Crippen molar-refractivity contribution in [1.29, 1.82) is 0 Å². The fraction of sp³-hybridized carbons (Fsp3) is 0.714. The van der Waals surface area contributed by atoms with Crippen molar-refractivity contribution in [2.75, 3.05) is 19.6 Å². The molecule has 4 N–H and O–H groups in total. The molecule has 0 fully saturated rings. The van der Waals surface area contributed by atoms with Gasteiger partial charge in [-0.25, -0.2) is 0 Å². The molecule has 0 spiro atoms. The molecule has 5 nitrogen and oxygen atoms in total. The van der Waals surface area contributed by atoms with Crippen molar-refractivity contribution in [3.8, 4) is 0 Å². The molecule has 0 aliphatic carbocycles. The smallest absolute Gasteiger partial charge is 0.236 e. The van der Waals surface area contributed by atoms with Gasteiger partial charge in [-0.15, -0.1) is 0 Å². The van der Waals surface area contributed by atoms with Gasteiger partial charge in [0.2, 0.25) is 11.8 Å². The first-order valence-electron chi connectivity index (χ1n) is 3.92. The molecule has 0 heterocycles. The van der Waals surface area contributed by atoms with Crippen LogP contribution in [-0.4, -0.2) is 31.4 Å². The summed E-state index contributed by atoms with van der Waals surface area (Å²) in [5.41, 5.74) is 4.82. The van der Waals surface area contributed by atoms with Gasteiger partial charge in [-0.1, -0.05) is 6.92 Å². The van der Waals surface area contributed by atoms with Crippen LogP contribution in [0.5, 0.6) is 0 Å². The number of nitrogens with one attached hydrogen (secondary N) is 2. The first-order chi connectivity index (χ1) is 5.66. The summed E-state index contributed by atoms with van der Waals surface area (Å²) in [6.07, 6.45) is 0.975. The Labute approximate surface area is 71.7 Å². The van der Waals surface area contributed by atoms with Crippen molar-refractivity contribution in [2.45, 2.75) is 13.3 Å². The molecule has 0 aromatic heterocycles. The number of primary amides is 1. The lowest BCUT2D eigenvalue weighted by molar-refractivity contribution is -0.124. The standard InChI is InChI=1S/C7H15N3O2/c1-2-3-9-5-7(12)10-4-6(8)11/h9H,2-5H2,1H3,(H2,8,11)(H,10,12). The molecule has 0 bridgehead atoms. The predicted molar refractivity (Wildman–Crippen MR) is 45.4 cm³/mol. The molecule has 5 heteroatoms. The van der Waals surface area contributed by atoms with E-state index in [2.05, 4.69) is 10.6 Å². The molecule has 0 aliphatic heterocycles. The van der Waals surface area contributed by atoms with Crippen molar-refractivity contribution < 1.29 is 9.59 Å². The van der Waals surface area contributed by atoms with Crippen LogP contribution in [0.3, 0.4) is 0 Å². The quantitative estimate of drug-likeness (QED) is 0.431. The number of carbonyl (C=O) groups excluding carboxylic acids is 2. The van der Waals surface area contributed by atoms with Gasteiger partial charge in [0.05, 0.1) is 13.1 Å². The highest BCUT2D eigenvalue weighted by Gasteiger charge is 2.00. The second kappa shape index (κ2) is 6.60. The van der Waals surface area contributed by atoms with E-state index in [9.17, 15) is 9.59 Å². The third-order valence-corrected chi connectivity index (χ3v) is 1.17. The average molecular weight is 173 g/mol. The molecule has 0 saturated carbocycles. The van der Waals surface area contributed by atoms with Crippen LogP contribution in [-0.2, 0) is 9.59 Å². The normalized spacial score (nSPS) is 9.42. The minimum atomic E-state index is -0.529. The molecule has 0 saturated heterocycles. The molecule has 2 amide bonds. The van der Waals surface area contributed by atoms with Crippen LogP contribution in [0.2, 0.25) is 0 Å². The molecule has 0 aromatic rings. The fourth-order valence-corrected chi connectivity index (χ4v) is 0.627. The Morgan fingerprint density at radius 3 is 2.50 bits per heavy atom. The lowest BCUT2D eigenvalue weighted by Crippen LogP contribution is -2.38. The Kier molecular flexibility index (Phi) is 6.00. The highest BCUT2D eigenvalue weighted by atomic mass is 16.2. The molecular formula is C7H15N3O2. The fourth-order valence-electron chi connectivity index (χ4n) is 0.627. The van der Waals surface area contributed by atoms with E-state index in [1.54, 1.807) is 0 Å². The van der Waals surface area contributed by atoms with Crippen LogP contribution in [0.25, 0.3) is 0 Å². The average Bonchev–Trinajstić information content (AvgIpc) is 2.01. The summed E-state index contributed by atoms with van der Waals surface area (Å²) in [5.74, 6) is -0.735. The molecule has 12 heavy (non-hydrogen) atoms. The summed E-state index contributed by atoms with van der Waals surface area (Å²) in [6, 6.07) is 0. The lowest BCUT2D eigenvalue weighted by Gasteiger charge is -2.02. The van der Waals surface area contributed by atoms with E-state index < -0.39 is 5.91 Å². The number of carbonyl (C=O) groups is 2. The Balaban J connectivity index is 3.28. The van der Waals surface area contributed by atoms with E-state index in [4.69, 9.17) is 5.73 Å². The zero-order chi connectivity index (χ0) is 9.40. The molecule has 0 radical (unpaired) electrons. The van der Waals surface area contributed by atoms with Gasteiger partial charge < -0.3 is 16.4 Å². The van der Waals surface area contributed by atoms with Crippen LogP contribution >= 0.6 is 0 Å². The maximum absolute atomic E-state index is 10.8. The summed E-state index contributed by atoms with van der Waals surface area (Å²) in [4.78, 5) is 21.1. The van der Waals surface area contributed by atoms with E-state index in [1.807, 2.05) is 6.92 Å². The SMILES string of the molecule is CCCNCC(=O)NCC(N)=O. The van der Waals surface area contributed by atoms with E-state index in [0.717, 1.165) is 13.0 Å².